The molecule has 0 saturated carbocycles. The van der Waals surface area contributed by atoms with E-state index in [9.17, 15) is 15.2 Å². The topological polar surface area (TPSA) is 105 Å². The summed E-state index contributed by atoms with van der Waals surface area (Å²) in [5.41, 5.74) is 2.49. The van der Waals surface area contributed by atoms with Gasteiger partial charge in [0.15, 0.2) is 0 Å². The zero-order valence-electron chi connectivity index (χ0n) is 11.5. The van der Waals surface area contributed by atoms with Crippen LogP contribution in [0.15, 0.2) is 18.2 Å². The molecule has 4 N–H and O–H groups in total. The van der Waals surface area contributed by atoms with Gasteiger partial charge in [0.25, 0.3) is 0 Å². The first kappa shape index (κ1) is 14.5. The molecule has 1 heterocycles. The SMILES string of the molecule is CC1(O)CCCN(c2cccc(NN)c2[N+](=O)[O-])CC1. The van der Waals surface area contributed by atoms with Gasteiger partial charge in [-0.05, 0) is 38.3 Å². The van der Waals surface area contributed by atoms with Gasteiger partial charge in [-0.2, -0.15) is 0 Å². The third kappa shape index (κ3) is 3.00. The van der Waals surface area contributed by atoms with Crippen molar-refractivity contribution in [3.05, 3.63) is 28.3 Å². The quantitative estimate of drug-likeness (QED) is 0.441. The van der Waals surface area contributed by atoms with Crippen LogP contribution in [0.2, 0.25) is 0 Å². The standard InChI is InChI=1S/C13H20N4O3/c1-13(18)6-3-8-16(9-7-13)11-5-2-4-10(15-14)12(11)17(19)20/h2,4-5,15,18H,3,6-9,14H2,1H3. The molecule has 0 bridgehead atoms. The van der Waals surface area contributed by atoms with Gasteiger partial charge in [0.2, 0.25) is 0 Å². The number of nitrogen functional groups attached to an aromatic ring is 1. The molecule has 0 aliphatic carbocycles. The van der Waals surface area contributed by atoms with Gasteiger partial charge < -0.3 is 15.4 Å². The number of rotatable bonds is 3. The Balaban J connectivity index is 2.35. The highest BCUT2D eigenvalue weighted by molar-refractivity contribution is 5.76. The molecule has 1 aromatic rings. The molecule has 0 radical (unpaired) electrons. The average molecular weight is 280 g/mol. The summed E-state index contributed by atoms with van der Waals surface area (Å²) < 4.78 is 0. The van der Waals surface area contributed by atoms with Crippen molar-refractivity contribution in [2.24, 2.45) is 5.84 Å². The van der Waals surface area contributed by atoms with Gasteiger partial charge in [0.05, 0.1) is 10.5 Å². The van der Waals surface area contributed by atoms with E-state index >= 15 is 0 Å². The number of nitro benzene ring substituents is 1. The van der Waals surface area contributed by atoms with E-state index in [-0.39, 0.29) is 5.69 Å². The number of anilines is 2. The normalized spacial score (nSPS) is 23.2. The van der Waals surface area contributed by atoms with Crippen LogP contribution >= 0.6 is 0 Å². The smallest absolute Gasteiger partial charge is 0.316 e. The molecule has 7 heteroatoms. The Morgan fingerprint density at radius 3 is 2.85 bits per heavy atom. The van der Waals surface area contributed by atoms with Crippen molar-refractivity contribution in [3.8, 4) is 0 Å². The minimum Gasteiger partial charge on any atom is -0.390 e. The van der Waals surface area contributed by atoms with Crippen LogP contribution in [0.25, 0.3) is 0 Å². The molecule has 0 spiro atoms. The lowest BCUT2D eigenvalue weighted by Crippen LogP contribution is -2.28. The van der Waals surface area contributed by atoms with Crippen LogP contribution in [0.1, 0.15) is 26.2 Å². The highest BCUT2D eigenvalue weighted by Gasteiger charge is 2.29. The maximum Gasteiger partial charge on any atom is 0.316 e. The van der Waals surface area contributed by atoms with Crippen LogP contribution in [-0.2, 0) is 0 Å². The molecule has 0 aromatic heterocycles. The molecule has 7 nitrogen and oxygen atoms in total. The maximum atomic E-state index is 11.3. The largest absolute Gasteiger partial charge is 0.390 e. The summed E-state index contributed by atoms with van der Waals surface area (Å²) in [6, 6.07) is 5.04. The molecular formula is C13H20N4O3. The van der Waals surface area contributed by atoms with Gasteiger partial charge in [-0.3, -0.25) is 16.0 Å². The number of aliphatic hydroxyl groups is 1. The predicted molar refractivity (Wildman–Crippen MR) is 77.6 cm³/mol. The fourth-order valence-electron chi connectivity index (χ4n) is 2.60. The van der Waals surface area contributed by atoms with Gasteiger partial charge in [-0.15, -0.1) is 0 Å². The van der Waals surface area contributed by atoms with Crippen molar-refractivity contribution in [2.75, 3.05) is 23.4 Å². The number of hydrazine groups is 1. The number of nitro groups is 1. The van der Waals surface area contributed by atoms with Gasteiger partial charge in [-0.1, -0.05) is 6.07 Å². The van der Waals surface area contributed by atoms with Crippen molar-refractivity contribution in [1.82, 2.24) is 0 Å². The molecule has 1 fully saturated rings. The summed E-state index contributed by atoms with van der Waals surface area (Å²) in [5, 5.41) is 21.4. The molecule has 1 unspecified atom stereocenters. The minimum absolute atomic E-state index is 0.0171. The van der Waals surface area contributed by atoms with Crippen molar-refractivity contribution in [1.29, 1.82) is 0 Å². The highest BCUT2D eigenvalue weighted by atomic mass is 16.6. The minimum atomic E-state index is -0.701. The number of hydrogen-bond donors (Lipinski definition) is 3. The van der Waals surface area contributed by atoms with E-state index in [1.807, 2.05) is 11.8 Å². The van der Waals surface area contributed by atoms with Crippen LogP contribution in [0.5, 0.6) is 0 Å². The van der Waals surface area contributed by atoms with Crippen LogP contribution in [-0.4, -0.2) is 28.7 Å². The Labute approximate surface area is 117 Å². The molecule has 1 saturated heterocycles. The first-order valence-electron chi connectivity index (χ1n) is 6.66. The number of nitrogens with one attached hydrogen (secondary N) is 1. The lowest BCUT2D eigenvalue weighted by Gasteiger charge is -2.24. The Morgan fingerprint density at radius 2 is 2.20 bits per heavy atom. The number of para-hydroxylation sites is 1. The fourth-order valence-corrected chi connectivity index (χ4v) is 2.60. The summed E-state index contributed by atoms with van der Waals surface area (Å²) in [5.74, 6) is 5.35. The van der Waals surface area contributed by atoms with Crippen molar-refractivity contribution in [3.63, 3.8) is 0 Å². The highest BCUT2D eigenvalue weighted by Crippen LogP contribution is 2.36. The van der Waals surface area contributed by atoms with Gasteiger partial charge >= 0.3 is 5.69 Å². The van der Waals surface area contributed by atoms with E-state index in [4.69, 9.17) is 5.84 Å². The van der Waals surface area contributed by atoms with E-state index in [1.165, 1.54) is 0 Å². The van der Waals surface area contributed by atoms with Crippen LogP contribution in [0.4, 0.5) is 17.1 Å². The molecule has 1 aliphatic heterocycles. The number of nitrogens with two attached hydrogens (primary N) is 1. The summed E-state index contributed by atoms with van der Waals surface area (Å²) in [4.78, 5) is 12.8. The summed E-state index contributed by atoms with van der Waals surface area (Å²) in [7, 11) is 0. The summed E-state index contributed by atoms with van der Waals surface area (Å²) in [6.45, 7) is 3.08. The van der Waals surface area contributed by atoms with E-state index in [1.54, 1.807) is 18.2 Å². The van der Waals surface area contributed by atoms with Gasteiger partial charge in [0, 0.05) is 13.1 Å². The predicted octanol–water partition coefficient (Wildman–Crippen LogP) is 1.62. The van der Waals surface area contributed by atoms with Crippen LogP contribution < -0.4 is 16.2 Å². The van der Waals surface area contributed by atoms with E-state index < -0.39 is 10.5 Å². The van der Waals surface area contributed by atoms with Crippen LogP contribution in [0.3, 0.4) is 0 Å². The lowest BCUT2D eigenvalue weighted by atomic mass is 9.98. The molecule has 1 atom stereocenters. The first-order chi connectivity index (χ1) is 9.44. The third-order valence-electron chi connectivity index (χ3n) is 3.76. The fraction of sp³-hybridized carbons (Fsp3) is 0.538. The van der Waals surface area contributed by atoms with Crippen LogP contribution in [0, 0.1) is 10.1 Å². The summed E-state index contributed by atoms with van der Waals surface area (Å²) in [6.07, 6.45) is 2.08. The Kier molecular flexibility index (Phi) is 4.10. The van der Waals surface area contributed by atoms with Crippen molar-refractivity contribution in [2.45, 2.75) is 31.8 Å². The zero-order chi connectivity index (χ0) is 14.8. The van der Waals surface area contributed by atoms with Crippen molar-refractivity contribution < 1.29 is 10.0 Å². The van der Waals surface area contributed by atoms with Crippen molar-refractivity contribution >= 4 is 17.1 Å². The van der Waals surface area contributed by atoms with E-state index in [2.05, 4.69) is 5.43 Å². The van der Waals surface area contributed by atoms with E-state index in [0.29, 0.717) is 37.3 Å². The Morgan fingerprint density at radius 1 is 1.45 bits per heavy atom. The monoisotopic (exact) mass is 280 g/mol. The second-order valence-electron chi connectivity index (χ2n) is 5.41. The van der Waals surface area contributed by atoms with E-state index in [0.717, 1.165) is 6.42 Å². The summed E-state index contributed by atoms with van der Waals surface area (Å²) >= 11 is 0. The van der Waals surface area contributed by atoms with Gasteiger partial charge in [0.1, 0.15) is 11.4 Å². The average Bonchev–Trinajstić information content (AvgIpc) is 2.58. The Hall–Kier alpha value is -1.86. The second-order valence-corrected chi connectivity index (χ2v) is 5.41. The molecule has 1 aliphatic rings. The molecular weight excluding hydrogens is 260 g/mol. The molecule has 0 amide bonds. The number of hydrogen-bond acceptors (Lipinski definition) is 6. The number of nitrogens with zero attached hydrogens (tertiary/aromatic N) is 2. The number of benzene rings is 1. The first-order valence-corrected chi connectivity index (χ1v) is 6.66. The molecule has 20 heavy (non-hydrogen) atoms. The Bertz CT molecular complexity index is 504. The molecule has 110 valence electrons. The van der Waals surface area contributed by atoms with Gasteiger partial charge in [-0.25, -0.2) is 0 Å². The third-order valence-corrected chi connectivity index (χ3v) is 3.76. The maximum absolute atomic E-state index is 11.3. The molecule has 1 aromatic carbocycles. The molecule has 2 rings (SSSR count). The second kappa shape index (κ2) is 5.64. The lowest BCUT2D eigenvalue weighted by molar-refractivity contribution is -0.383. The zero-order valence-corrected chi connectivity index (χ0v) is 11.5.